The molecule has 8 heteroatoms. The van der Waals surface area contributed by atoms with Crippen LogP contribution in [0.25, 0.3) is 0 Å². The van der Waals surface area contributed by atoms with E-state index in [2.05, 4.69) is 30.6 Å². The minimum absolute atomic E-state index is 0.319. The normalized spacial score (nSPS) is 10.3. The maximum atomic E-state index is 5.30. The SMILES string of the molecule is CCOc1nc(NC)nc(NCCc2nc(C)cs2)n1. The second-order valence-corrected chi connectivity index (χ2v) is 4.95. The van der Waals surface area contributed by atoms with Crippen LogP contribution >= 0.6 is 11.3 Å². The van der Waals surface area contributed by atoms with E-state index < -0.39 is 0 Å². The first-order valence-electron chi connectivity index (χ1n) is 6.42. The van der Waals surface area contributed by atoms with Crippen LogP contribution in [0.1, 0.15) is 17.6 Å². The van der Waals surface area contributed by atoms with E-state index in [-0.39, 0.29) is 0 Å². The van der Waals surface area contributed by atoms with Gasteiger partial charge in [0, 0.05) is 31.1 Å². The highest BCUT2D eigenvalue weighted by Gasteiger charge is 2.06. The molecule has 108 valence electrons. The topological polar surface area (TPSA) is 84.9 Å². The summed E-state index contributed by atoms with van der Waals surface area (Å²) < 4.78 is 5.30. The predicted molar refractivity (Wildman–Crippen MR) is 79.6 cm³/mol. The summed E-state index contributed by atoms with van der Waals surface area (Å²) in [6.45, 7) is 5.12. The number of nitrogens with zero attached hydrogens (tertiary/aromatic N) is 4. The molecule has 2 aromatic rings. The molecule has 0 aliphatic heterocycles. The zero-order valence-electron chi connectivity index (χ0n) is 11.8. The van der Waals surface area contributed by atoms with E-state index in [0.29, 0.717) is 31.1 Å². The van der Waals surface area contributed by atoms with Crippen LogP contribution in [0.3, 0.4) is 0 Å². The summed E-state index contributed by atoms with van der Waals surface area (Å²) in [5.74, 6) is 0.983. The Morgan fingerprint density at radius 1 is 1.20 bits per heavy atom. The Morgan fingerprint density at radius 2 is 2.00 bits per heavy atom. The monoisotopic (exact) mass is 294 g/mol. The van der Waals surface area contributed by atoms with E-state index >= 15 is 0 Å². The van der Waals surface area contributed by atoms with Crippen LogP contribution in [-0.2, 0) is 6.42 Å². The van der Waals surface area contributed by atoms with E-state index in [1.54, 1.807) is 18.4 Å². The predicted octanol–water partition coefficient (Wildman–Crippen LogP) is 1.73. The minimum Gasteiger partial charge on any atom is -0.464 e. The first-order valence-corrected chi connectivity index (χ1v) is 7.30. The Hall–Kier alpha value is -1.96. The van der Waals surface area contributed by atoms with Gasteiger partial charge in [-0.15, -0.1) is 11.3 Å². The van der Waals surface area contributed by atoms with Gasteiger partial charge in [0.1, 0.15) is 0 Å². The van der Waals surface area contributed by atoms with Crippen LogP contribution < -0.4 is 15.4 Å². The van der Waals surface area contributed by atoms with Crippen LogP contribution in [0, 0.1) is 6.92 Å². The number of rotatable bonds is 7. The van der Waals surface area contributed by atoms with Crippen LogP contribution in [0.4, 0.5) is 11.9 Å². The van der Waals surface area contributed by atoms with Crippen LogP contribution in [0.15, 0.2) is 5.38 Å². The van der Waals surface area contributed by atoms with Gasteiger partial charge in [-0.25, -0.2) is 4.98 Å². The third-order valence-corrected chi connectivity index (χ3v) is 3.43. The Morgan fingerprint density at radius 3 is 2.65 bits per heavy atom. The Bertz CT molecular complexity index is 559. The molecule has 0 saturated heterocycles. The van der Waals surface area contributed by atoms with Crippen molar-refractivity contribution >= 4 is 23.2 Å². The molecule has 0 aromatic carbocycles. The van der Waals surface area contributed by atoms with Crippen molar-refractivity contribution in [2.45, 2.75) is 20.3 Å². The Labute approximate surface area is 121 Å². The number of anilines is 2. The number of nitrogens with one attached hydrogen (secondary N) is 2. The molecular formula is C12H18N6OS. The zero-order chi connectivity index (χ0) is 14.4. The lowest BCUT2D eigenvalue weighted by Crippen LogP contribution is -2.11. The minimum atomic E-state index is 0.319. The van der Waals surface area contributed by atoms with Gasteiger partial charge < -0.3 is 15.4 Å². The van der Waals surface area contributed by atoms with E-state index in [9.17, 15) is 0 Å². The van der Waals surface area contributed by atoms with Crippen molar-refractivity contribution < 1.29 is 4.74 Å². The summed E-state index contributed by atoms with van der Waals surface area (Å²) in [5.41, 5.74) is 1.06. The first-order chi connectivity index (χ1) is 9.71. The summed E-state index contributed by atoms with van der Waals surface area (Å²) >= 11 is 1.66. The average Bonchev–Trinajstić information content (AvgIpc) is 2.84. The molecule has 0 radical (unpaired) electrons. The summed E-state index contributed by atoms with van der Waals surface area (Å²) in [4.78, 5) is 16.9. The van der Waals surface area contributed by atoms with Gasteiger partial charge in [-0.1, -0.05) is 0 Å². The number of hydrogen-bond acceptors (Lipinski definition) is 8. The second kappa shape index (κ2) is 6.99. The lowest BCUT2D eigenvalue weighted by molar-refractivity contribution is 0.312. The van der Waals surface area contributed by atoms with Gasteiger partial charge >= 0.3 is 6.01 Å². The standard InChI is InChI=1S/C12H18N6OS/c1-4-19-12-17-10(13-3)16-11(18-12)14-6-5-9-15-8(2)7-20-9/h7H,4-6H2,1-3H3,(H2,13,14,16,17,18). The smallest absolute Gasteiger partial charge is 0.323 e. The molecule has 2 rings (SSSR count). The number of aromatic nitrogens is 4. The molecule has 0 amide bonds. The maximum absolute atomic E-state index is 5.30. The highest BCUT2D eigenvalue weighted by Crippen LogP contribution is 2.12. The molecule has 0 fully saturated rings. The highest BCUT2D eigenvalue weighted by molar-refractivity contribution is 7.09. The second-order valence-electron chi connectivity index (χ2n) is 4.01. The molecule has 2 heterocycles. The molecular weight excluding hydrogens is 276 g/mol. The molecule has 7 nitrogen and oxygen atoms in total. The molecule has 0 bridgehead atoms. The molecule has 0 aliphatic carbocycles. The third kappa shape index (κ3) is 4.02. The molecule has 0 spiro atoms. The molecule has 0 aliphatic rings. The molecule has 0 atom stereocenters. The van der Waals surface area contributed by atoms with Crippen molar-refractivity contribution in [2.75, 3.05) is 30.8 Å². The molecule has 2 N–H and O–H groups in total. The quantitative estimate of drug-likeness (QED) is 0.804. The van der Waals surface area contributed by atoms with Crippen molar-refractivity contribution in [3.05, 3.63) is 16.1 Å². The van der Waals surface area contributed by atoms with Gasteiger partial charge in [0.25, 0.3) is 0 Å². The fraction of sp³-hybridized carbons (Fsp3) is 0.500. The van der Waals surface area contributed by atoms with Gasteiger partial charge in [-0.2, -0.15) is 15.0 Å². The van der Waals surface area contributed by atoms with Gasteiger partial charge in [-0.05, 0) is 13.8 Å². The van der Waals surface area contributed by atoms with Crippen LogP contribution in [0.2, 0.25) is 0 Å². The van der Waals surface area contributed by atoms with Gasteiger partial charge in [-0.3, -0.25) is 0 Å². The third-order valence-electron chi connectivity index (χ3n) is 2.40. The Balaban J connectivity index is 1.95. The number of thiazole rings is 1. The van der Waals surface area contributed by atoms with E-state index in [1.807, 2.05) is 19.2 Å². The fourth-order valence-corrected chi connectivity index (χ4v) is 2.32. The van der Waals surface area contributed by atoms with E-state index in [1.165, 1.54) is 0 Å². The summed E-state index contributed by atoms with van der Waals surface area (Å²) in [5, 5.41) is 9.19. The lowest BCUT2D eigenvalue weighted by atomic mass is 10.4. The van der Waals surface area contributed by atoms with Gasteiger partial charge in [0.05, 0.1) is 11.6 Å². The van der Waals surface area contributed by atoms with Crippen molar-refractivity contribution in [2.24, 2.45) is 0 Å². The maximum Gasteiger partial charge on any atom is 0.323 e. The Kier molecular flexibility index (Phi) is 5.05. The fourth-order valence-electron chi connectivity index (χ4n) is 1.54. The van der Waals surface area contributed by atoms with Crippen molar-refractivity contribution in [1.29, 1.82) is 0 Å². The van der Waals surface area contributed by atoms with Gasteiger partial charge in [0.15, 0.2) is 0 Å². The summed E-state index contributed by atoms with van der Waals surface area (Å²) in [7, 11) is 1.76. The van der Waals surface area contributed by atoms with E-state index in [0.717, 1.165) is 17.1 Å². The lowest BCUT2D eigenvalue weighted by Gasteiger charge is -2.07. The number of hydrogen-bond donors (Lipinski definition) is 2. The number of ether oxygens (including phenoxy) is 1. The number of aryl methyl sites for hydroxylation is 1. The van der Waals surface area contributed by atoms with Crippen molar-refractivity contribution in [3.63, 3.8) is 0 Å². The molecule has 0 saturated carbocycles. The van der Waals surface area contributed by atoms with Crippen molar-refractivity contribution in [1.82, 2.24) is 19.9 Å². The van der Waals surface area contributed by atoms with Crippen LogP contribution in [-0.4, -0.2) is 40.1 Å². The molecule has 20 heavy (non-hydrogen) atoms. The first kappa shape index (κ1) is 14.4. The summed E-state index contributed by atoms with van der Waals surface area (Å²) in [6, 6.07) is 0.319. The molecule has 2 aromatic heterocycles. The van der Waals surface area contributed by atoms with Crippen molar-refractivity contribution in [3.8, 4) is 6.01 Å². The van der Waals surface area contributed by atoms with Gasteiger partial charge in [0.2, 0.25) is 11.9 Å². The largest absolute Gasteiger partial charge is 0.464 e. The highest BCUT2D eigenvalue weighted by atomic mass is 32.1. The van der Waals surface area contributed by atoms with E-state index in [4.69, 9.17) is 4.74 Å². The average molecular weight is 294 g/mol. The zero-order valence-corrected chi connectivity index (χ0v) is 12.6. The molecule has 0 unspecified atom stereocenters. The summed E-state index contributed by atoms with van der Waals surface area (Å²) in [6.07, 6.45) is 0.836. The van der Waals surface area contributed by atoms with Crippen LogP contribution in [0.5, 0.6) is 6.01 Å².